The molecule has 0 unspecified atom stereocenters. The molecule has 2 aromatic carbocycles. The van der Waals surface area contributed by atoms with E-state index in [-0.39, 0.29) is 29.2 Å². The zero-order valence-electron chi connectivity index (χ0n) is 30.9. The van der Waals surface area contributed by atoms with Crippen molar-refractivity contribution in [2.24, 2.45) is 5.92 Å². The molecular formula is C35H58N2O5Si5. The number of carbonyl (C=O) groups excluding carboxylic acids is 2. The molecular weight excluding hydrogens is 669 g/mol. The lowest BCUT2D eigenvalue weighted by Crippen LogP contribution is -2.86. The van der Waals surface area contributed by atoms with Crippen molar-refractivity contribution in [3.05, 3.63) is 60.7 Å². The van der Waals surface area contributed by atoms with Gasteiger partial charge < -0.3 is 13.6 Å². The molecule has 0 spiro atoms. The molecule has 47 heavy (non-hydrogen) atoms. The van der Waals surface area contributed by atoms with Gasteiger partial charge >= 0.3 is 6.03 Å². The van der Waals surface area contributed by atoms with Gasteiger partial charge in [0.05, 0.1) is 46.9 Å². The van der Waals surface area contributed by atoms with Crippen LogP contribution in [0, 0.1) is 5.92 Å². The second-order valence-corrected chi connectivity index (χ2v) is 61.8. The standard InChI is InChI=1S/C35H58N2O5Si5/c1-25-30-32(42-47(43(5,6)7,44(8,9)10)45(11,12)13)31-28(24-29(40-31)37(30)34(39)36-33(25)38)41-46(35(2,3)4,26-20-16-14-17-21-26)27-22-18-15-19-23-27/h14-23,25,28-32H,24H2,1-13H3,(H,36,38,39)/t25-,28-,29+,30-,31+,32-/m0/s1. The van der Waals surface area contributed by atoms with Crippen molar-refractivity contribution < 1.29 is 23.2 Å². The van der Waals surface area contributed by atoms with Crippen LogP contribution in [0.4, 0.5) is 4.79 Å². The van der Waals surface area contributed by atoms with Crippen LogP contribution in [0.3, 0.4) is 0 Å². The summed E-state index contributed by atoms with van der Waals surface area (Å²) in [6, 6.07) is 20.7. The SMILES string of the molecule is C[C@@H]1C(=O)NC(=O)N2[C@@H]1[C@H](O[Si]([Si](C)(C)C)([Si](C)(C)C)[Si](C)(C)C)[C@@H]1O[C@@H]2C[C@@H]1O[Si](c1ccccc1)(c1ccccc1)C(C)(C)C. The van der Waals surface area contributed by atoms with E-state index in [0.29, 0.717) is 6.42 Å². The van der Waals surface area contributed by atoms with E-state index in [9.17, 15) is 9.59 Å². The Morgan fingerprint density at radius 2 is 1.23 bits per heavy atom. The third kappa shape index (κ3) is 5.87. The summed E-state index contributed by atoms with van der Waals surface area (Å²) in [6.07, 6.45) is -1.08. The highest BCUT2D eigenvalue weighted by atomic mass is 29.9. The molecule has 0 saturated carbocycles. The van der Waals surface area contributed by atoms with Gasteiger partial charge in [-0.05, 0) is 15.4 Å². The van der Waals surface area contributed by atoms with Gasteiger partial charge in [0, 0.05) is 6.42 Å². The Balaban J connectivity index is 1.72. The number of amides is 3. The molecule has 3 aliphatic heterocycles. The fourth-order valence-electron chi connectivity index (χ4n) is 10.2. The van der Waals surface area contributed by atoms with Crippen LogP contribution >= 0.6 is 0 Å². The predicted molar refractivity (Wildman–Crippen MR) is 205 cm³/mol. The highest BCUT2D eigenvalue weighted by Gasteiger charge is 2.69. The van der Waals surface area contributed by atoms with Crippen LogP contribution in [0.1, 0.15) is 34.1 Å². The number of hydrogen-bond acceptors (Lipinski definition) is 5. The minimum atomic E-state index is -2.95. The van der Waals surface area contributed by atoms with Crippen LogP contribution in [-0.4, -0.2) is 85.4 Å². The van der Waals surface area contributed by atoms with Gasteiger partial charge in [-0.1, -0.05) is 147 Å². The number of nitrogens with zero attached hydrogens (tertiary/aromatic N) is 1. The Morgan fingerprint density at radius 1 is 0.766 bits per heavy atom. The molecule has 3 aliphatic rings. The molecule has 6 atom stereocenters. The first-order valence-electron chi connectivity index (χ1n) is 17.3. The fourth-order valence-corrected chi connectivity index (χ4v) is 109. The zero-order chi connectivity index (χ0) is 35.0. The number of nitrogens with one attached hydrogen (secondary N) is 1. The Kier molecular flexibility index (Phi) is 9.57. The van der Waals surface area contributed by atoms with Gasteiger partial charge in [0.15, 0.2) is 6.87 Å². The molecule has 258 valence electrons. The molecule has 2 aromatic rings. The predicted octanol–water partition coefficient (Wildman–Crippen LogP) is 6.20. The first-order valence-corrected chi connectivity index (χ1v) is 34.7. The van der Waals surface area contributed by atoms with Gasteiger partial charge in [-0.15, -0.1) is 0 Å². The summed E-state index contributed by atoms with van der Waals surface area (Å²) in [5, 5.41) is 4.85. The Labute approximate surface area is 287 Å². The summed E-state index contributed by atoms with van der Waals surface area (Å²) in [7, 11) is -8.62. The second-order valence-electron chi connectivity index (χ2n) is 18.1. The molecule has 3 amide bonds. The van der Waals surface area contributed by atoms with Crippen LogP contribution < -0.4 is 15.7 Å². The molecule has 5 rings (SSSR count). The molecule has 0 aliphatic carbocycles. The van der Waals surface area contributed by atoms with Gasteiger partial charge in [-0.3, -0.25) is 15.0 Å². The highest BCUT2D eigenvalue weighted by Crippen LogP contribution is 2.48. The maximum absolute atomic E-state index is 13.7. The topological polar surface area (TPSA) is 77.1 Å². The number of carbonyl (C=O) groups is 2. The second kappa shape index (κ2) is 12.3. The van der Waals surface area contributed by atoms with E-state index < -0.39 is 62.3 Å². The van der Waals surface area contributed by atoms with Crippen molar-refractivity contribution in [1.29, 1.82) is 0 Å². The average molecular weight is 727 g/mol. The number of benzene rings is 2. The summed E-state index contributed by atoms with van der Waals surface area (Å²) >= 11 is 0. The molecule has 3 saturated heterocycles. The third-order valence-electron chi connectivity index (χ3n) is 11.0. The van der Waals surface area contributed by atoms with Gasteiger partial charge in [0.1, 0.15) is 12.3 Å². The van der Waals surface area contributed by atoms with Crippen LogP contribution in [0.5, 0.6) is 0 Å². The summed E-state index contributed by atoms with van der Waals surface area (Å²) in [6.45, 7) is 29.0. The van der Waals surface area contributed by atoms with E-state index >= 15 is 0 Å². The molecule has 0 aromatic heterocycles. The number of urea groups is 1. The lowest BCUT2D eigenvalue weighted by molar-refractivity contribution is -0.180. The van der Waals surface area contributed by atoms with Gasteiger partial charge in [-0.2, -0.15) is 0 Å². The van der Waals surface area contributed by atoms with Crippen molar-refractivity contribution in [2.45, 2.75) is 129 Å². The van der Waals surface area contributed by atoms with Crippen LogP contribution in [0.15, 0.2) is 60.7 Å². The first kappa shape index (κ1) is 36.6. The minimum Gasteiger partial charge on any atom is -0.418 e. The van der Waals surface area contributed by atoms with Crippen molar-refractivity contribution >= 4 is 60.3 Å². The molecule has 2 bridgehead atoms. The Hall–Kier alpha value is -1.66. The largest absolute Gasteiger partial charge is 0.418 e. The van der Waals surface area contributed by atoms with Crippen molar-refractivity contribution in [3.8, 4) is 0 Å². The smallest absolute Gasteiger partial charge is 0.326 e. The van der Waals surface area contributed by atoms with Crippen LogP contribution in [-0.2, 0) is 18.4 Å². The maximum Gasteiger partial charge on any atom is 0.326 e. The monoisotopic (exact) mass is 726 g/mol. The van der Waals surface area contributed by atoms with Crippen molar-refractivity contribution in [2.75, 3.05) is 0 Å². The normalized spacial score (nSPS) is 27.5. The van der Waals surface area contributed by atoms with Gasteiger partial charge in [-0.25, -0.2) is 4.79 Å². The number of hydrogen-bond donors (Lipinski definition) is 1. The van der Waals surface area contributed by atoms with Crippen LogP contribution in [0.25, 0.3) is 0 Å². The van der Waals surface area contributed by atoms with E-state index in [1.807, 2.05) is 11.8 Å². The lowest BCUT2D eigenvalue weighted by atomic mass is 9.89. The minimum absolute atomic E-state index is 0.218. The van der Waals surface area contributed by atoms with E-state index in [1.165, 1.54) is 10.4 Å². The van der Waals surface area contributed by atoms with Crippen molar-refractivity contribution in [1.82, 2.24) is 10.2 Å². The van der Waals surface area contributed by atoms with E-state index in [2.05, 4.69) is 146 Å². The summed E-state index contributed by atoms with van der Waals surface area (Å²) in [4.78, 5) is 28.9. The highest BCUT2D eigenvalue weighted by molar-refractivity contribution is 7.87. The quantitative estimate of drug-likeness (QED) is 0.312. The first-order chi connectivity index (χ1) is 21.6. The van der Waals surface area contributed by atoms with E-state index in [0.717, 1.165) is 0 Å². The lowest BCUT2D eigenvalue weighted by Gasteiger charge is -2.60. The van der Waals surface area contributed by atoms with Crippen LogP contribution in [0.2, 0.25) is 64.0 Å². The average Bonchev–Trinajstić information content (AvgIpc) is 3.30. The molecule has 0 radical (unpaired) electrons. The maximum atomic E-state index is 13.7. The number of ether oxygens (including phenoxy) is 1. The summed E-state index contributed by atoms with van der Waals surface area (Å²) in [5.74, 6) is -0.647. The summed E-state index contributed by atoms with van der Waals surface area (Å²) < 4.78 is 22.8. The molecule has 3 heterocycles. The molecule has 3 fully saturated rings. The molecule has 1 N–H and O–H groups in total. The molecule has 7 nitrogen and oxygen atoms in total. The third-order valence-corrected chi connectivity index (χ3v) is 83.6. The number of fused-ring (bicyclic) bond motifs is 4. The van der Waals surface area contributed by atoms with E-state index in [4.69, 9.17) is 13.6 Å². The molecule has 12 heteroatoms. The van der Waals surface area contributed by atoms with E-state index in [1.54, 1.807) is 0 Å². The Morgan fingerprint density at radius 3 is 1.66 bits per heavy atom. The van der Waals surface area contributed by atoms with Gasteiger partial charge in [0.2, 0.25) is 5.91 Å². The zero-order valence-corrected chi connectivity index (χ0v) is 35.9. The number of rotatable bonds is 9. The van der Waals surface area contributed by atoms with Gasteiger partial charge in [0.25, 0.3) is 8.32 Å². The Bertz CT molecular complexity index is 1390. The summed E-state index contributed by atoms with van der Waals surface area (Å²) in [5.41, 5.74) is 0. The van der Waals surface area contributed by atoms with Crippen molar-refractivity contribution in [3.63, 3.8) is 0 Å². The number of imide groups is 1. The fraction of sp³-hybridized carbons (Fsp3) is 0.600.